The third-order valence-electron chi connectivity index (χ3n) is 8.03. The summed E-state index contributed by atoms with van der Waals surface area (Å²) in [6.07, 6.45) is 1.83. The number of nitrogens with zero attached hydrogens (tertiary/aromatic N) is 1. The molecule has 0 bridgehead atoms. The number of hydrogen-bond donors (Lipinski definition) is 0. The first-order chi connectivity index (χ1) is 20.6. The van der Waals surface area contributed by atoms with Crippen LogP contribution in [0.4, 0.5) is 4.79 Å². The fourth-order valence-electron chi connectivity index (χ4n) is 5.39. The van der Waals surface area contributed by atoms with Crippen molar-refractivity contribution in [2.24, 2.45) is 17.8 Å². The number of rotatable bonds is 15. The molecule has 0 spiro atoms. The van der Waals surface area contributed by atoms with Crippen LogP contribution in [0.3, 0.4) is 0 Å². The van der Waals surface area contributed by atoms with Gasteiger partial charge in [0, 0.05) is 32.4 Å². The Balaban J connectivity index is 1.55. The van der Waals surface area contributed by atoms with Crippen molar-refractivity contribution in [1.82, 2.24) is 4.90 Å². The van der Waals surface area contributed by atoms with Gasteiger partial charge in [-0.3, -0.25) is 4.79 Å². The number of ether oxygens (including phenoxy) is 5. The molecule has 1 fully saturated rings. The van der Waals surface area contributed by atoms with E-state index in [0.717, 1.165) is 24.0 Å². The number of unbranched alkanes of at least 4 members (excludes halogenated alkanes) is 2. The molecule has 1 saturated heterocycles. The first-order valence-corrected chi connectivity index (χ1v) is 15.2. The van der Waals surface area contributed by atoms with Crippen molar-refractivity contribution in [2.45, 2.75) is 78.4 Å². The van der Waals surface area contributed by atoms with E-state index in [1.807, 2.05) is 67.6 Å². The predicted molar refractivity (Wildman–Crippen MR) is 162 cm³/mol. The minimum Gasteiger partial charge on any atom is -0.465 e. The van der Waals surface area contributed by atoms with Gasteiger partial charge in [-0.25, -0.2) is 9.59 Å². The Morgan fingerprint density at radius 2 is 1.60 bits per heavy atom. The molecular weight excluding hydrogens is 550 g/mol. The van der Waals surface area contributed by atoms with Gasteiger partial charge in [-0.15, -0.1) is 0 Å². The van der Waals surface area contributed by atoms with Crippen molar-refractivity contribution in [1.29, 1.82) is 0 Å². The summed E-state index contributed by atoms with van der Waals surface area (Å²) < 4.78 is 28.5. The van der Waals surface area contributed by atoms with Gasteiger partial charge in [0.25, 0.3) is 5.79 Å². The van der Waals surface area contributed by atoms with Crippen LogP contribution in [0.1, 0.15) is 64.5 Å². The lowest BCUT2D eigenvalue weighted by Crippen LogP contribution is -2.57. The molecule has 0 N–H and O–H groups in total. The monoisotopic (exact) mass is 597 g/mol. The third kappa shape index (κ3) is 10.4. The van der Waals surface area contributed by atoms with E-state index in [2.05, 4.69) is 13.8 Å². The highest BCUT2D eigenvalue weighted by molar-refractivity contribution is 5.78. The average Bonchev–Trinajstić information content (AvgIpc) is 3.01. The zero-order valence-electron chi connectivity index (χ0n) is 26.2. The molecule has 5 atom stereocenters. The average molecular weight is 598 g/mol. The molecule has 0 aliphatic carbocycles. The second kappa shape index (κ2) is 17.0. The fraction of sp³-hybridized carbons (Fsp3) is 0.559. The van der Waals surface area contributed by atoms with E-state index in [0.29, 0.717) is 32.5 Å². The standard InChI is InChI=1S/C34H47NO8/c1-25-21-34(32(37)39-5,43-31(27(25)3)26(2)23-40-28(4)36)42-20-14-8-13-19-35(22-29-15-9-6-10-16-29)33(38)41-24-30-17-11-7-12-18-30/h6-7,9-12,15-18,25-27,31H,8,13-14,19-24H2,1-5H3/t25-,26-,27-,31?,34-/m1/s1. The number of esters is 2. The van der Waals surface area contributed by atoms with Crippen LogP contribution in [0, 0.1) is 17.8 Å². The Kier molecular flexibility index (Phi) is 13.5. The van der Waals surface area contributed by atoms with Crippen molar-refractivity contribution < 1.29 is 38.1 Å². The van der Waals surface area contributed by atoms with Gasteiger partial charge >= 0.3 is 18.0 Å². The first-order valence-electron chi connectivity index (χ1n) is 15.2. The highest BCUT2D eigenvalue weighted by Gasteiger charge is 2.52. The summed E-state index contributed by atoms with van der Waals surface area (Å²) >= 11 is 0. The molecule has 9 heteroatoms. The fourth-order valence-corrected chi connectivity index (χ4v) is 5.39. The van der Waals surface area contributed by atoms with E-state index in [9.17, 15) is 14.4 Å². The van der Waals surface area contributed by atoms with Gasteiger partial charge in [0.2, 0.25) is 0 Å². The van der Waals surface area contributed by atoms with Crippen LogP contribution < -0.4 is 0 Å². The van der Waals surface area contributed by atoms with Gasteiger partial charge in [0.05, 0.1) is 26.4 Å². The number of carbonyl (C=O) groups excluding carboxylic acids is 3. The van der Waals surface area contributed by atoms with Crippen LogP contribution in [0.25, 0.3) is 0 Å². The summed E-state index contributed by atoms with van der Waals surface area (Å²) in [5.74, 6) is -2.32. The summed E-state index contributed by atoms with van der Waals surface area (Å²) in [6.45, 7) is 9.13. The van der Waals surface area contributed by atoms with Gasteiger partial charge in [-0.2, -0.15) is 0 Å². The van der Waals surface area contributed by atoms with Crippen LogP contribution >= 0.6 is 0 Å². The minimum atomic E-state index is -1.52. The van der Waals surface area contributed by atoms with Crippen molar-refractivity contribution in [2.75, 3.05) is 26.9 Å². The normalized spacial score (nSPS) is 22.3. The molecule has 43 heavy (non-hydrogen) atoms. The van der Waals surface area contributed by atoms with Crippen LogP contribution in [-0.2, 0) is 46.4 Å². The van der Waals surface area contributed by atoms with E-state index < -0.39 is 11.8 Å². The van der Waals surface area contributed by atoms with Crippen molar-refractivity contribution >= 4 is 18.0 Å². The van der Waals surface area contributed by atoms with E-state index in [-0.39, 0.29) is 49.1 Å². The van der Waals surface area contributed by atoms with Gasteiger partial charge < -0.3 is 28.6 Å². The molecule has 2 aromatic carbocycles. The summed E-state index contributed by atoms with van der Waals surface area (Å²) in [4.78, 5) is 39.1. The molecule has 2 aromatic rings. The zero-order valence-corrected chi connectivity index (χ0v) is 26.2. The lowest BCUT2D eigenvalue weighted by molar-refractivity contribution is -0.303. The second-order valence-corrected chi connectivity index (χ2v) is 11.5. The maximum atomic E-state index is 13.0. The summed E-state index contributed by atoms with van der Waals surface area (Å²) in [5, 5.41) is 0. The molecule has 3 rings (SSSR count). The molecule has 0 aromatic heterocycles. The van der Waals surface area contributed by atoms with Crippen LogP contribution in [-0.4, -0.2) is 61.7 Å². The van der Waals surface area contributed by atoms with Crippen LogP contribution in [0.15, 0.2) is 60.7 Å². The predicted octanol–water partition coefficient (Wildman–Crippen LogP) is 6.14. The highest BCUT2D eigenvalue weighted by atomic mass is 16.7. The lowest BCUT2D eigenvalue weighted by Gasteiger charge is -2.46. The van der Waals surface area contributed by atoms with E-state index >= 15 is 0 Å². The Morgan fingerprint density at radius 1 is 0.953 bits per heavy atom. The largest absolute Gasteiger partial charge is 0.465 e. The zero-order chi connectivity index (χ0) is 31.2. The molecule has 1 aliphatic heterocycles. The number of amides is 1. The molecule has 1 unspecified atom stereocenters. The molecule has 0 radical (unpaired) electrons. The van der Waals surface area contributed by atoms with Crippen molar-refractivity contribution in [3.8, 4) is 0 Å². The van der Waals surface area contributed by atoms with E-state index in [1.165, 1.54) is 14.0 Å². The maximum Gasteiger partial charge on any atom is 0.410 e. The topological polar surface area (TPSA) is 101 Å². The summed E-state index contributed by atoms with van der Waals surface area (Å²) in [5.41, 5.74) is 1.96. The summed E-state index contributed by atoms with van der Waals surface area (Å²) in [7, 11) is 1.33. The Morgan fingerprint density at radius 3 is 2.23 bits per heavy atom. The Bertz CT molecular complexity index is 1140. The molecule has 1 amide bonds. The molecule has 0 saturated carbocycles. The number of benzene rings is 2. The van der Waals surface area contributed by atoms with Gasteiger partial charge in [-0.1, -0.05) is 81.4 Å². The third-order valence-corrected chi connectivity index (χ3v) is 8.03. The van der Waals surface area contributed by atoms with Crippen molar-refractivity contribution in [3.63, 3.8) is 0 Å². The van der Waals surface area contributed by atoms with Gasteiger partial charge in [0.15, 0.2) is 0 Å². The van der Waals surface area contributed by atoms with E-state index in [1.54, 1.807) is 4.90 Å². The molecule has 1 aliphatic rings. The number of hydrogen-bond acceptors (Lipinski definition) is 8. The van der Waals surface area contributed by atoms with Gasteiger partial charge in [-0.05, 0) is 42.2 Å². The molecule has 9 nitrogen and oxygen atoms in total. The maximum absolute atomic E-state index is 13.0. The SMILES string of the molecule is COC(=O)[C@@]1(OCCCCCN(Cc2ccccc2)C(=O)OCc2ccccc2)C[C@@H](C)[C@@H](C)C([C@H](C)COC(C)=O)O1. The number of methoxy groups -OCH3 is 1. The Labute approximate surface area is 255 Å². The quantitative estimate of drug-likeness (QED) is 0.137. The summed E-state index contributed by atoms with van der Waals surface area (Å²) in [6, 6.07) is 19.4. The second-order valence-electron chi connectivity index (χ2n) is 11.5. The number of carbonyl (C=O) groups is 3. The smallest absolute Gasteiger partial charge is 0.410 e. The molecule has 1 heterocycles. The highest BCUT2D eigenvalue weighted by Crippen LogP contribution is 2.41. The Hall–Kier alpha value is -3.43. The van der Waals surface area contributed by atoms with Crippen LogP contribution in [0.2, 0.25) is 0 Å². The van der Waals surface area contributed by atoms with Crippen LogP contribution in [0.5, 0.6) is 0 Å². The van der Waals surface area contributed by atoms with Crippen molar-refractivity contribution in [3.05, 3.63) is 71.8 Å². The van der Waals surface area contributed by atoms with Gasteiger partial charge in [0.1, 0.15) is 6.61 Å². The first kappa shape index (κ1) is 34.1. The molecular formula is C34H47NO8. The lowest BCUT2D eigenvalue weighted by atomic mass is 9.78. The molecule has 236 valence electrons. The minimum absolute atomic E-state index is 0.117. The van der Waals surface area contributed by atoms with E-state index in [4.69, 9.17) is 23.7 Å².